The lowest BCUT2D eigenvalue weighted by Crippen LogP contribution is -2.06. The van der Waals surface area contributed by atoms with E-state index >= 15 is 0 Å². The molecule has 0 bridgehead atoms. The van der Waals surface area contributed by atoms with Gasteiger partial charge in [0.25, 0.3) is 0 Å². The van der Waals surface area contributed by atoms with E-state index in [9.17, 15) is 19.3 Å². The van der Waals surface area contributed by atoms with E-state index in [1.807, 2.05) is 0 Å². The second-order valence-corrected chi connectivity index (χ2v) is 4.29. The molecule has 1 aromatic heterocycles. The predicted octanol–water partition coefficient (Wildman–Crippen LogP) is 3.22. The smallest absolute Gasteiger partial charge is 0.354 e. The van der Waals surface area contributed by atoms with E-state index < -0.39 is 22.4 Å². The minimum Gasteiger partial charge on any atom is -0.477 e. The number of anilines is 2. The molecular formula is C12H7ClFN3O4. The van der Waals surface area contributed by atoms with Crippen LogP contribution in [0.1, 0.15) is 10.5 Å². The highest BCUT2D eigenvalue weighted by molar-refractivity contribution is 6.30. The Kier molecular flexibility index (Phi) is 3.99. The highest BCUT2D eigenvalue weighted by atomic mass is 35.5. The molecule has 0 spiro atoms. The molecule has 9 heteroatoms. The fourth-order valence-electron chi connectivity index (χ4n) is 1.52. The molecule has 2 aromatic rings. The summed E-state index contributed by atoms with van der Waals surface area (Å²) in [5.41, 5.74) is -0.664. The van der Waals surface area contributed by atoms with Crippen LogP contribution in [0.15, 0.2) is 30.3 Å². The molecule has 2 rings (SSSR count). The van der Waals surface area contributed by atoms with Gasteiger partial charge in [0.05, 0.1) is 9.95 Å². The number of rotatable bonds is 4. The number of carboxylic acids is 1. The Morgan fingerprint density at radius 1 is 1.38 bits per heavy atom. The average Bonchev–Trinajstić information content (AvgIpc) is 2.42. The fourth-order valence-corrected chi connectivity index (χ4v) is 1.64. The number of nitro groups is 1. The van der Waals surface area contributed by atoms with Gasteiger partial charge in [0.2, 0.25) is 5.82 Å². The molecule has 0 amide bonds. The number of pyridine rings is 1. The SMILES string of the molecule is O=C(O)c1ccc([N+](=O)[O-])c(Nc2ccc(Cl)c(F)c2)n1. The van der Waals surface area contributed by atoms with Crippen molar-refractivity contribution in [3.05, 3.63) is 57.0 Å². The van der Waals surface area contributed by atoms with Crippen LogP contribution in [0.4, 0.5) is 21.6 Å². The molecule has 0 atom stereocenters. The average molecular weight is 312 g/mol. The maximum atomic E-state index is 13.3. The first-order valence-corrected chi connectivity index (χ1v) is 5.87. The third kappa shape index (κ3) is 3.23. The lowest BCUT2D eigenvalue weighted by atomic mass is 10.2. The fraction of sp³-hybridized carbons (Fsp3) is 0. The molecule has 2 N–H and O–H groups in total. The standard InChI is InChI=1S/C12H7ClFN3O4/c13-7-2-1-6(5-8(7)14)15-11-10(17(20)21)4-3-9(16-11)12(18)19/h1-5H,(H,15,16)(H,18,19). The van der Waals surface area contributed by atoms with Crippen molar-refractivity contribution in [1.82, 2.24) is 4.98 Å². The number of nitrogens with one attached hydrogen (secondary N) is 1. The second kappa shape index (κ2) is 5.71. The summed E-state index contributed by atoms with van der Waals surface area (Å²) in [6.45, 7) is 0. The third-order valence-corrected chi connectivity index (χ3v) is 2.78. The number of hydrogen-bond donors (Lipinski definition) is 2. The van der Waals surface area contributed by atoms with Crippen molar-refractivity contribution in [3.63, 3.8) is 0 Å². The highest BCUT2D eigenvalue weighted by Crippen LogP contribution is 2.27. The van der Waals surface area contributed by atoms with Crippen LogP contribution < -0.4 is 5.32 Å². The molecular weight excluding hydrogens is 305 g/mol. The van der Waals surface area contributed by atoms with Gasteiger partial charge in [-0.15, -0.1) is 0 Å². The van der Waals surface area contributed by atoms with E-state index in [0.29, 0.717) is 0 Å². The van der Waals surface area contributed by atoms with Gasteiger partial charge < -0.3 is 10.4 Å². The molecule has 0 fully saturated rings. The second-order valence-electron chi connectivity index (χ2n) is 3.88. The van der Waals surface area contributed by atoms with Gasteiger partial charge in [-0.1, -0.05) is 11.6 Å². The van der Waals surface area contributed by atoms with Crippen molar-refractivity contribution in [1.29, 1.82) is 0 Å². The first-order chi connectivity index (χ1) is 9.88. The Balaban J connectivity index is 2.45. The molecule has 0 aliphatic carbocycles. The number of aromatic nitrogens is 1. The van der Waals surface area contributed by atoms with Crippen LogP contribution in [0.25, 0.3) is 0 Å². The van der Waals surface area contributed by atoms with E-state index in [2.05, 4.69) is 10.3 Å². The summed E-state index contributed by atoms with van der Waals surface area (Å²) in [6.07, 6.45) is 0. The normalized spacial score (nSPS) is 10.2. The van der Waals surface area contributed by atoms with Crippen LogP contribution >= 0.6 is 11.6 Å². The maximum Gasteiger partial charge on any atom is 0.354 e. The molecule has 0 saturated heterocycles. The van der Waals surface area contributed by atoms with Gasteiger partial charge in [-0.3, -0.25) is 10.1 Å². The van der Waals surface area contributed by atoms with Crippen molar-refractivity contribution in [2.45, 2.75) is 0 Å². The monoisotopic (exact) mass is 311 g/mol. The van der Waals surface area contributed by atoms with E-state index in [4.69, 9.17) is 16.7 Å². The lowest BCUT2D eigenvalue weighted by molar-refractivity contribution is -0.384. The number of carboxylic acid groups (broad SMARTS) is 1. The van der Waals surface area contributed by atoms with Crippen molar-refractivity contribution in [2.75, 3.05) is 5.32 Å². The number of carbonyl (C=O) groups is 1. The number of benzene rings is 1. The van der Waals surface area contributed by atoms with Gasteiger partial charge in [0.15, 0.2) is 5.69 Å². The van der Waals surface area contributed by atoms with Crippen LogP contribution in [0, 0.1) is 15.9 Å². The van der Waals surface area contributed by atoms with Gasteiger partial charge in [0.1, 0.15) is 5.82 Å². The van der Waals surface area contributed by atoms with Crippen LogP contribution in [0.5, 0.6) is 0 Å². The van der Waals surface area contributed by atoms with Crippen molar-refractivity contribution in [3.8, 4) is 0 Å². The quantitative estimate of drug-likeness (QED) is 0.663. The first-order valence-electron chi connectivity index (χ1n) is 5.49. The summed E-state index contributed by atoms with van der Waals surface area (Å²) < 4.78 is 13.3. The summed E-state index contributed by atoms with van der Waals surface area (Å²) in [7, 11) is 0. The summed E-state index contributed by atoms with van der Waals surface area (Å²) in [4.78, 5) is 24.6. The van der Waals surface area contributed by atoms with Gasteiger partial charge in [0, 0.05) is 11.8 Å². The summed E-state index contributed by atoms with van der Waals surface area (Å²) >= 11 is 5.53. The topological polar surface area (TPSA) is 105 Å². The molecule has 0 aliphatic rings. The zero-order chi connectivity index (χ0) is 15.6. The zero-order valence-corrected chi connectivity index (χ0v) is 11.0. The third-order valence-electron chi connectivity index (χ3n) is 2.47. The van der Waals surface area contributed by atoms with E-state index in [1.54, 1.807) is 0 Å². The summed E-state index contributed by atoms with van der Waals surface area (Å²) in [5, 5.41) is 22.1. The minimum atomic E-state index is -1.34. The van der Waals surface area contributed by atoms with Crippen LogP contribution in [0.2, 0.25) is 5.02 Å². The number of halogens is 2. The van der Waals surface area contributed by atoms with Gasteiger partial charge in [-0.25, -0.2) is 14.2 Å². The van der Waals surface area contributed by atoms with Crippen LogP contribution in [-0.2, 0) is 0 Å². The minimum absolute atomic E-state index is 0.109. The van der Waals surface area contributed by atoms with Gasteiger partial charge >= 0.3 is 11.7 Å². The molecule has 0 unspecified atom stereocenters. The molecule has 0 saturated carbocycles. The van der Waals surface area contributed by atoms with Crippen LogP contribution in [0.3, 0.4) is 0 Å². The number of aromatic carboxylic acids is 1. The first kappa shape index (κ1) is 14.7. The molecule has 108 valence electrons. The molecule has 1 heterocycles. The van der Waals surface area contributed by atoms with E-state index in [1.165, 1.54) is 12.1 Å². The van der Waals surface area contributed by atoms with Gasteiger partial charge in [-0.05, 0) is 24.3 Å². The zero-order valence-electron chi connectivity index (χ0n) is 10.2. The lowest BCUT2D eigenvalue weighted by Gasteiger charge is -2.07. The molecule has 0 radical (unpaired) electrons. The molecule has 1 aromatic carbocycles. The largest absolute Gasteiger partial charge is 0.477 e. The van der Waals surface area contributed by atoms with Crippen molar-refractivity contribution >= 4 is 34.8 Å². The Hall–Kier alpha value is -2.74. The Morgan fingerprint density at radius 3 is 2.67 bits per heavy atom. The molecule has 7 nitrogen and oxygen atoms in total. The Bertz CT molecular complexity index is 738. The van der Waals surface area contributed by atoms with Crippen LogP contribution in [-0.4, -0.2) is 21.0 Å². The predicted molar refractivity (Wildman–Crippen MR) is 72.5 cm³/mol. The maximum absolute atomic E-state index is 13.3. The molecule has 21 heavy (non-hydrogen) atoms. The number of hydrogen-bond acceptors (Lipinski definition) is 5. The van der Waals surface area contributed by atoms with Crippen molar-refractivity contribution < 1.29 is 19.2 Å². The summed E-state index contributed by atoms with van der Waals surface area (Å²) in [6, 6.07) is 5.66. The number of nitrogens with zero attached hydrogens (tertiary/aromatic N) is 2. The van der Waals surface area contributed by atoms with Gasteiger partial charge in [-0.2, -0.15) is 0 Å². The van der Waals surface area contributed by atoms with E-state index in [0.717, 1.165) is 18.2 Å². The Labute approximate surface area is 122 Å². The summed E-state index contributed by atoms with van der Waals surface area (Å²) in [5.74, 6) is -2.37. The highest BCUT2D eigenvalue weighted by Gasteiger charge is 2.19. The molecule has 0 aliphatic heterocycles. The van der Waals surface area contributed by atoms with Crippen molar-refractivity contribution in [2.24, 2.45) is 0 Å². The van der Waals surface area contributed by atoms with E-state index in [-0.39, 0.29) is 22.2 Å². The Morgan fingerprint density at radius 2 is 2.10 bits per heavy atom.